The Labute approximate surface area is 130 Å². The van der Waals surface area contributed by atoms with E-state index in [4.69, 9.17) is 27.7 Å². The molecule has 0 saturated heterocycles. The molecule has 1 aromatic carbocycles. The molecule has 21 heavy (non-hydrogen) atoms. The van der Waals surface area contributed by atoms with Crippen molar-refractivity contribution in [1.29, 1.82) is 0 Å². The maximum absolute atomic E-state index is 5.94. The van der Waals surface area contributed by atoms with Gasteiger partial charge in [0.05, 0.1) is 5.69 Å². The van der Waals surface area contributed by atoms with E-state index in [1.54, 1.807) is 16.8 Å². The molecule has 2 aromatic heterocycles. The number of hydrogen-bond donors (Lipinski definition) is 0. The van der Waals surface area contributed by atoms with Gasteiger partial charge in [-0.05, 0) is 12.1 Å². The van der Waals surface area contributed by atoms with Crippen molar-refractivity contribution in [2.24, 2.45) is 0 Å². The number of aryl methyl sites for hydroxylation is 1. The van der Waals surface area contributed by atoms with Crippen molar-refractivity contribution in [3.63, 3.8) is 0 Å². The van der Waals surface area contributed by atoms with Crippen LogP contribution in [0, 0.1) is 0 Å². The Balaban J connectivity index is 1.75. The first-order valence-electron chi connectivity index (χ1n) is 6.28. The molecule has 0 saturated carbocycles. The molecule has 0 bridgehead atoms. The minimum Gasteiger partial charge on any atom is -0.337 e. The predicted octanol–water partition coefficient (Wildman–Crippen LogP) is 2.81. The Bertz CT molecular complexity index is 740. The van der Waals surface area contributed by atoms with Crippen molar-refractivity contribution in [3.05, 3.63) is 47.1 Å². The smallest absolute Gasteiger partial charge is 0.248 e. The van der Waals surface area contributed by atoms with Gasteiger partial charge >= 0.3 is 0 Å². The van der Waals surface area contributed by atoms with Gasteiger partial charge in [0.1, 0.15) is 6.54 Å². The fraction of sp³-hybridized carbons (Fsp3) is 0.231. The number of halogens is 2. The maximum Gasteiger partial charge on any atom is 0.248 e. The second-order valence-electron chi connectivity index (χ2n) is 4.37. The number of rotatable bonds is 5. The molecule has 3 rings (SSSR count). The molecule has 0 fully saturated rings. The number of benzene rings is 1. The van der Waals surface area contributed by atoms with Crippen LogP contribution >= 0.6 is 23.2 Å². The van der Waals surface area contributed by atoms with E-state index < -0.39 is 0 Å². The molecule has 8 heteroatoms. The molecule has 0 aliphatic carbocycles. The van der Waals surface area contributed by atoms with Crippen LogP contribution in [0.1, 0.15) is 11.6 Å². The number of nitrogens with zero attached hydrogens (tertiary/aromatic N) is 5. The first kappa shape index (κ1) is 14.0. The van der Waals surface area contributed by atoms with Crippen molar-refractivity contribution >= 4 is 23.2 Å². The minimum atomic E-state index is 0.364. The molecular formula is C13H11Cl2N5O. The second kappa shape index (κ2) is 6.24. The molecule has 0 spiro atoms. The van der Waals surface area contributed by atoms with Crippen LogP contribution in [-0.2, 0) is 13.0 Å². The summed E-state index contributed by atoms with van der Waals surface area (Å²) in [4.78, 5) is 4.32. The standard InChI is InChI=1S/C13H11Cl2N5O/c14-5-4-11-7-20(19-17-11)8-12-16-13(18-21-12)9-2-1-3-10(15)6-9/h1-3,6-7H,4-5,8H2. The molecular weight excluding hydrogens is 313 g/mol. The van der Waals surface area contributed by atoms with E-state index in [9.17, 15) is 0 Å². The fourth-order valence-corrected chi connectivity index (χ4v) is 2.21. The highest BCUT2D eigenvalue weighted by atomic mass is 35.5. The van der Waals surface area contributed by atoms with Crippen LogP contribution in [0.15, 0.2) is 35.0 Å². The summed E-state index contributed by atoms with van der Waals surface area (Å²) in [5, 5.41) is 12.6. The lowest BCUT2D eigenvalue weighted by atomic mass is 10.2. The van der Waals surface area contributed by atoms with Gasteiger partial charge < -0.3 is 4.52 Å². The average molecular weight is 324 g/mol. The molecule has 6 nitrogen and oxygen atoms in total. The Morgan fingerprint density at radius 2 is 2.19 bits per heavy atom. The molecule has 0 aliphatic heterocycles. The highest BCUT2D eigenvalue weighted by molar-refractivity contribution is 6.30. The minimum absolute atomic E-state index is 0.364. The zero-order chi connectivity index (χ0) is 14.7. The molecule has 0 N–H and O–H groups in total. The molecule has 0 radical (unpaired) electrons. The molecule has 3 aromatic rings. The lowest BCUT2D eigenvalue weighted by Crippen LogP contribution is -2.00. The summed E-state index contributed by atoms with van der Waals surface area (Å²) in [7, 11) is 0. The van der Waals surface area contributed by atoms with Gasteiger partial charge in [0.2, 0.25) is 11.7 Å². The molecule has 108 valence electrons. The van der Waals surface area contributed by atoms with Crippen LogP contribution in [0.3, 0.4) is 0 Å². The van der Waals surface area contributed by atoms with Gasteiger partial charge in [-0.15, -0.1) is 16.7 Å². The van der Waals surface area contributed by atoms with Crippen LogP contribution in [0.5, 0.6) is 0 Å². The summed E-state index contributed by atoms with van der Waals surface area (Å²) >= 11 is 11.6. The van der Waals surface area contributed by atoms with Crippen molar-refractivity contribution in [1.82, 2.24) is 25.1 Å². The van der Waals surface area contributed by atoms with Crippen LogP contribution in [-0.4, -0.2) is 31.0 Å². The largest absolute Gasteiger partial charge is 0.337 e. The molecule has 0 unspecified atom stereocenters. The zero-order valence-corrected chi connectivity index (χ0v) is 12.4. The van der Waals surface area contributed by atoms with Crippen molar-refractivity contribution in [2.75, 3.05) is 5.88 Å². The van der Waals surface area contributed by atoms with Crippen LogP contribution < -0.4 is 0 Å². The first-order valence-corrected chi connectivity index (χ1v) is 7.19. The summed E-state index contributed by atoms with van der Waals surface area (Å²) in [5.74, 6) is 1.46. The third-order valence-electron chi connectivity index (χ3n) is 2.78. The number of hydrogen-bond acceptors (Lipinski definition) is 5. The quantitative estimate of drug-likeness (QED) is 0.675. The van der Waals surface area contributed by atoms with E-state index in [1.165, 1.54) is 0 Å². The van der Waals surface area contributed by atoms with E-state index in [2.05, 4.69) is 20.5 Å². The molecule has 2 heterocycles. The van der Waals surface area contributed by atoms with E-state index in [1.807, 2.05) is 18.3 Å². The van der Waals surface area contributed by atoms with E-state index in [0.717, 1.165) is 11.3 Å². The predicted molar refractivity (Wildman–Crippen MR) is 78.3 cm³/mol. The highest BCUT2D eigenvalue weighted by Crippen LogP contribution is 2.20. The van der Waals surface area contributed by atoms with Gasteiger partial charge in [0.15, 0.2) is 0 Å². The van der Waals surface area contributed by atoms with Gasteiger partial charge in [-0.2, -0.15) is 4.98 Å². The second-order valence-corrected chi connectivity index (χ2v) is 5.18. The third-order valence-corrected chi connectivity index (χ3v) is 3.21. The molecule has 0 aliphatic rings. The van der Waals surface area contributed by atoms with Crippen molar-refractivity contribution < 1.29 is 4.52 Å². The zero-order valence-electron chi connectivity index (χ0n) is 10.9. The van der Waals surface area contributed by atoms with Gasteiger partial charge in [0, 0.05) is 29.1 Å². The Hall–Kier alpha value is -1.92. The summed E-state index contributed by atoms with van der Waals surface area (Å²) in [6.07, 6.45) is 2.49. The third kappa shape index (κ3) is 3.40. The van der Waals surface area contributed by atoms with Gasteiger partial charge in [-0.1, -0.05) is 34.1 Å². The Morgan fingerprint density at radius 1 is 1.29 bits per heavy atom. The van der Waals surface area contributed by atoms with Crippen molar-refractivity contribution in [3.8, 4) is 11.4 Å². The number of aromatic nitrogens is 5. The fourth-order valence-electron chi connectivity index (χ4n) is 1.83. The monoisotopic (exact) mass is 323 g/mol. The van der Waals surface area contributed by atoms with Crippen LogP contribution in [0.4, 0.5) is 0 Å². The molecule has 0 amide bonds. The van der Waals surface area contributed by atoms with Gasteiger partial charge in [0.25, 0.3) is 0 Å². The molecule has 0 atom stereocenters. The SMILES string of the molecule is ClCCc1cn(Cc2nc(-c3cccc(Cl)c3)no2)nn1. The average Bonchev–Trinajstić information content (AvgIpc) is 3.10. The Morgan fingerprint density at radius 3 is 3.00 bits per heavy atom. The van der Waals surface area contributed by atoms with E-state index in [-0.39, 0.29) is 0 Å². The number of alkyl halides is 1. The maximum atomic E-state index is 5.94. The summed E-state index contributed by atoms with van der Waals surface area (Å²) in [6.45, 7) is 0.364. The summed E-state index contributed by atoms with van der Waals surface area (Å²) in [5.41, 5.74) is 1.64. The van der Waals surface area contributed by atoms with Crippen LogP contribution in [0.25, 0.3) is 11.4 Å². The van der Waals surface area contributed by atoms with Gasteiger partial charge in [-0.25, -0.2) is 4.68 Å². The lowest BCUT2D eigenvalue weighted by molar-refractivity contribution is 0.364. The normalized spacial score (nSPS) is 11.0. The topological polar surface area (TPSA) is 69.6 Å². The van der Waals surface area contributed by atoms with Gasteiger partial charge in [-0.3, -0.25) is 0 Å². The van der Waals surface area contributed by atoms with E-state index in [0.29, 0.717) is 35.6 Å². The lowest BCUT2D eigenvalue weighted by Gasteiger charge is -1.94. The summed E-state index contributed by atoms with van der Waals surface area (Å²) in [6, 6.07) is 7.28. The first-order chi connectivity index (χ1) is 10.2. The highest BCUT2D eigenvalue weighted by Gasteiger charge is 2.10. The summed E-state index contributed by atoms with van der Waals surface area (Å²) < 4.78 is 6.85. The van der Waals surface area contributed by atoms with Crippen molar-refractivity contribution in [2.45, 2.75) is 13.0 Å². The Kier molecular flexibility index (Phi) is 4.17. The van der Waals surface area contributed by atoms with Crippen LogP contribution in [0.2, 0.25) is 5.02 Å². The van der Waals surface area contributed by atoms with E-state index >= 15 is 0 Å².